The molecule has 0 spiro atoms. The number of carbonyl (C=O) groups is 1. The molecule has 0 saturated heterocycles. The lowest BCUT2D eigenvalue weighted by Gasteiger charge is -2.06. The van der Waals surface area contributed by atoms with Gasteiger partial charge in [-0.1, -0.05) is 49.2 Å². The highest BCUT2D eigenvalue weighted by Crippen LogP contribution is 2.30. The summed E-state index contributed by atoms with van der Waals surface area (Å²) in [6.45, 7) is 5.96. The van der Waals surface area contributed by atoms with E-state index in [1.54, 1.807) is 30.5 Å². The number of nitrogens with one attached hydrogen (secondary N) is 1. The molecule has 4 nitrogen and oxygen atoms in total. The first kappa shape index (κ1) is 23.5. The predicted molar refractivity (Wildman–Crippen MR) is 110 cm³/mol. The molecule has 138 valence electrons. The molecule has 0 fully saturated rings. The SMILES string of the molecule is C#C.CC.CC(=O)NC/C=C/c1ccc(Oc2ccc(Cl)cc2Cl)nc1. The second kappa shape index (κ2) is 13.8. The van der Waals surface area contributed by atoms with Crippen LogP contribution in [0.25, 0.3) is 6.08 Å². The van der Waals surface area contributed by atoms with E-state index in [1.165, 1.54) is 6.92 Å². The number of amides is 1. The van der Waals surface area contributed by atoms with Crippen molar-refractivity contribution >= 4 is 35.2 Å². The predicted octanol–water partition coefficient (Wildman–Crippen LogP) is 5.61. The molecule has 0 atom stereocenters. The number of pyridine rings is 1. The molecule has 0 saturated carbocycles. The Morgan fingerprint density at radius 1 is 1.23 bits per heavy atom. The van der Waals surface area contributed by atoms with Crippen molar-refractivity contribution in [2.75, 3.05) is 6.54 Å². The van der Waals surface area contributed by atoms with Gasteiger partial charge in [-0.15, -0.1) is 12.8 Å². The van der Waals surface area contributed by atoms with Gasteiger partial charge in [0, 0.05) is 30.8 Å². The zero-order valence-electron chi connectivity index (χ0n) is 15.0. The minimum absolute atomic E-state index is 0.0635. The summed E-state index contributed by atoms with van der Waals surface area (Å²) in [5, 5.41) is 3.65. The van der Waals surface area contributed by atoms with Gasteiger partial charge in [0.2, 0.25) is 11.8 Å². The maximum Gasteiger partial charge on any atom is 0.219 e. The van der Waals surface area contributed by atoms with Crippen LogP contribution >= 0.6 is 23.2 Å². The number of halogens is 2. The fourth-order valence-electron chi connectivity index (χ4n) is 1.62. The molecule has 0 radical (unpaired) electrons. The second-order valence-electron chi connectivity index (χ2n) is 4.45. The molecule has 0 aliphatic heterocycles. The smallest absolute Gasteiger partial charge is 0.219 e. The Kier molecular flexibility index (Phi) is 12.5. The molecule has 0 bridgehead atoms. The van der Waals surface area contributed by atoms with E-state index in [4.69, 9.17) is 27.9 Å². The van der Waals surface area contributed by atoms with Crippen molar-refractivity contribution in [2.45, 2.75) is 20.8 Å². The van der Waals surface area contributed by atoms with Crippen LogP contribution in [0.1, 0.15) is 26.3 Å². The van der Waals surface area contributed by atoms with Gasteiger partial charge in [-0.3, -0.25) is 4.79 Å². The number of hydrogen-bond donors (Lipinski definition) is 1. The zero-order chi connectivity index (χ0) is 19.9. The Hall–Kier alpha value is -2.48. The summed E-state index contributed by atoms with van der Waals surface area (Å²) in [6.07, 6.45) is 13.4. The molecule has 6 heteroatoms. The van der Waals surface area contributed by atoms with Crippen molar-refractivity contribution in [3.05, 3.63) is 58.2 Å². The van der Waals surface area contributed by atoms with E-state index in [0.29, 0.717) is 28.2 Å². The Morgan fingerprint density at radius 2 is 1.92 bits per heavy atom. The summed E-state index contributed by atoms with van der Waals surface area (Å²) in [5.41, 5.74) is 0.903. The Balaban J connectivity index is 0.00000146. The Morgan fingerprint density at radius 3 is 2.46 bits per heavy atom. The molecule has 0 unspecified atom stereocenters. The molecular weight excluding hydrogens is 371 g/mol. The van der Waals surface area contributed by atoms with Crippen LogP contribution in [-0.2, 0) is 4.79 Å². The van der Waals surface area contributed by atoms with Crippen molar-refractivity contribution in [2.24, 2.45) is 0 Å². The number of hydrogen-bond acceptors (Lipinski definition) is 3. The summed E-state index contributed by atoms with van der Waals surface area (Å²) in [6, 6.07) is 8.59. The van der Waals surface area contributed by atoms with Gasteiger partial charge in [0.05, 0.1) is 5.02 Å². The van der Waals surface area contributed by atoms with Crippen LogP contribution in [-0.4, -0.2) is 17.4 Å². The third-order valence-electron chi connectivity index (χ3n) is 2.65. The van der Waals surface area contributed by atoms with Crippen molar-refractivity contribution < 1.29 is 9.53 Å². The summed E-state index contributed by atoms with van der Waals surface area (Å²) < 4.78 is 5.59. The molecule has 1 heterocycles. The molecule has 2 aromatic rings. The largest absolute Gasteiger partial charge is 0.437 e. The lowest BCUT2D eigenvalue weighted by molar-refractivity contribution is -0.118. The van der Waals surface area contributed by atoms with E-state index >= 15 is 0 Å². The molecule has 2 rings (SSSR count). The fourth-order valence-corrected chi connectivity index (χ4v) is 2.07. The summed E-state index contributed by atoms with van der Waals surface area (Å²) >= 11 is 11.9. The number of carbonyl (C=O) groups excluding carboxylic acids is 1. The van der Waals surface area contributed by atoms with E-state index in [2.05, 4.69) is 23.1 Å². The first-order valence-corrected chi connectivity index (χ1v) is 8.63. The minimum atomic E-state index is -0.0635. The van der Waals surface area contributed by atoms with E-state index in [1.807, 2.05) is 32.1 Å². The maximum absolute atomic E-state index is 10.7. The average Bonchev–Trinajstić information content (AvgIpc) is 2.65. The quantitative estimate of drug-likeness (QED) is 0.673. The molecule has 1 N–H and O–H groups in total. The van der Waals surface area contributed by atoms with Crippen LogP contribution in [0.2, 0.25) is 10.0 Å². The highest BCUT2D eigenvalue weighted by molar-refractivity contribution is 6.35. The first-order chi connectivity index (χ1) is 12.5. The fraction of sp³-hybridized carbons (Fsp3) is 0.200. The normalized spacial score (nSPS) is 9.35. The number of ether oxygens (including phenoxy) is 1. The maximum atomic E-state index is 10.7. The molecule has 1 aromatic carbocycles. The van der Waals surface area contributed by atoms with Gasteiger partial charge in [0.25, 0.3) is 0 Å². The molecule has 26 heavy (non-hydrogen) atoms. The van der Waals surface area contributed by atoms with Gasteiger partial charge in [-0.2, -0.15) is 0 Å². The number of terminal acetylenes is 1. The van der Waals surface area contributed by atoms with Crippen LogP contribution in [0.15, 0.2) is 42.6 Å². The number of aromatic nitrogens is 1. The van der Waals surface area contributed by atoms with Crippen molar-refractivity contribution in [3.8, 4) is 24.5 Å². The van der Waals surface area contributed by atoms with Gasteiger partial charge < -0.3 is 10.1 Å². The van der Waals surface area contributed by atoms with Gasteiger partial charge >= 0.3 is 0 Å². The van der Waals surface area contributed by atoms with Gasteiger partial charge in [0.15, 0.2) is 0 Å². The summed E-state index contributed by atoms with van der Waals surface area (Å²) in [7, 11) is 0. The second-order valence-corrected chi connectivity index (χ2v) is 5.29. The van der Waals surface area contributed by atoms with Crippen LogP contribution in [0, 0.1) is 12.8 Å². The molecule has 1 amide bonds. The number of benzene rings is 1. The van der Waals surface area contributed by atoms with Crippen LogP contribution in [0.5, 0.6) is 11.6 Å². The van der Waals surface area contributed by atoms with Gasteiger partial charge in [-0.25, -0.2) is 4.98 Å². The highest BCUT2D eigenvalue weighted by atomic mass is 35.5. The number of nitrogens with zero attached hydrogens (tertiary/aromatic N) is 1. The van der Waals surface area contributed by atoms with E-state index in [-0.39, 0.29) is 5.91 Å². The Labute approximate surface area is 165 Å². The molecule has 1 aromatic heterocycles. The van der Waals surface area contributed by atoms with Crippen LogP contribution < -0.4 is 10.1 Å². The van der Waals surface area contributed by atoms with Crippen LogP contribution in [0.3, 0.4) is 0 Å². The van der Waals surface area contributed by atoms with E-state index < -0.39 is 0 Å². The monoisotopic (exact) mass is 392 g/mol. The summed E-state index contributed by atoms with van der Waals surface area (Å²) in [4.78, 5) is 14.9. The average molecular weight is 393 g/mol. The van der Waals surface area contributed by atoms with Crippen molar-refractivity contribution in [3.63, 3.8) is 0 Å². The minimum Gasteiger partial charge on any atom is -0.437 e. The first-order valence-electron chi connectivity index (χ1n) is 7.88. The third-order valence-corrected chi connectivity index (χ3v) is 3.18. The van der Waals surface area contributed by atoms with Gasteiger partial charge in [0.1, 0.15) is 5.75 Å². The lowest BCUT2D eigenvalue weighted by Crippen LogP contribution is -2.19. The van der Waals surface area contributed by atoms with E-state index in [9.17, 15) is 4.79 Å². The third kappa shape index (κ3) is 9.12. The van der Waals surface area contributed by atoms with Crippen molar-refractivity contribution in [1.82, 2.24) is 10.3 Å². The number of rotatable bonds is 5. The van der Waals surface area contributed by atoms with Crippen LogP contribution in [0.4, 0.5) is 0 Å². The van der Waals surface area contributed by atoms with Crippen molar-refractivity contribution in [1.29, 1.82) is 0 Å². The Bertz CT molecular complexity index is 726. The zero-order valence-corrected chi connectivity index (χ0v) is 16.5. The highest BCUT2D eigenvalue weighted by Gasteiger charge is 2.04. The lowest BCUT2D eigenvalue weighted by atomic mass is 10.2. The van der Waals surface area contributed by atoms with E-state index in [0.717, 1.165) is 5.56 Å². The summed E-state index contributed by atoms with van der Waals surface area (Å²) in [5.74, 6) is 0.863. The topological polar surface area (TPSA) is 51.2 Å². The molecular formula is C20H22Cl2N2O2. The standard InChI is InChI=1S/C16H14Cl2N2O2.C2H6.C2H2/c1-11(21)19-8-2-3-12-4-7-16(20-10-12)22-15-6-5-13(17)9-14(15)18;2*1-2/h2-7,9-10H,8H2,1H3,(H,19,21);1-2H3;1-2H/b3-2+;;. The van der Waals surface area contributed by atoms with Gasteiger partial charge in [-0.05, 0) is 29.8 Å². The molecule has 0 aliphatic rings. The molecule has 0 aliphatic carbocycles.